The van der Waals surface area contributed by atoms with Gasteiger partial charge in [-0.3, -0.25) is 4.79 Å². The van der Waals surface area contributed by atoms with Crippen molar-refractivity contribution < 1.29 is 4.74 Å². The Morgan fingerprint density at radius 2 is 1.69 bits per heavy atom. The monoisotopic (exact) mass is 344 g/mol. The van der Waals surface area contributed by atoms with Gasteiger partial charge in [0.05, 0.1) is 7.11 Å². The maximum atomic E-state index is 11.4. The van der Waals surface area contributed by atoms with Crippen molar-refractivity contribution in [1.29, 1.82) is 0 Å². The molecule has 2 aromatic heterocycles. The van der Waals surface area contributed by atoms with Gasteiger partial charge in [-0.05, 0) is 18.2 Å². The topological polar surface area (TPSA) is 72.8 Å². The number of ether oxygens (including phenoxy) is 1. The van der Waals surface area contributed by atoms with E-state index in [2.05, 4.69) is 4.98 Å². The first kappa shape index (κ1) is 15.8. The van der Waals surface area contributed by atoms with E-state index in [-0.39, 0.29) is 5.56 Å². The van der Waals surface area contributed by atoms with E-state index in [0.29, 0.717) is 17.4 Å². The van der Waals surface area contributed by atoms with Crippen LogP contribution in [0.1, 0.15) is 0 Å². The van der Waals surface area contributed by atoms with Crippen LogP contribution in [0.25, 0.3) is 28.5 Å². The number of benzene rings is 2. The lowest BCUT2D eigenvalue weighted by Gasteiger charge is -2.10. The van der Waals surface area contributed by atoms with Crippen LogP contribution in [0.5, 0.6) is 5.75 Å². The van der Waals surface area contributed by atoms with Crippen LogP contribution < -0.4 is 10.3 Å². The Morgan fingerprint density at radius 3 is 2.42 bits per heavy atom. The standard InChI is InChI=1S/C20H16N4O2/c1-26-17-10-6-5-9-16(17)24-20(15-11-12-18(25)21-13-15)22-19(23-24)14-7-3-2-4-8-14/h2-13H,1H3,(H,21,25). The maximum Gasteiger partial charge on any atom is 0.247 e. The lowest BCUT2D eigenvalue weighted by molar-refractivity contribution is 0.412. The minimum Gasteiger partial charge on any atom is -0.494 e. The quantitative estimate of drug-likeness (QED) is 0.616. The summed E-state index contributed by atoms with van der Waals surface area (Å²) < 4.78 is 7.21. The van der Waals surface area contributed by atoms with E-state index in [1.54, 1.807) is 24.1 Å². The molecule has 0 spiro atoms. The molecule has 6 heteroatoms. The highest BCUT2D eigenvalue weighted by Crippen LogP contribution is 2.29. The second-order valence-electron chi connectivity index (χ2n) is 5.65. The largest absolute Gasteiger partial charge is 0.494 e. The smallest absolute Gasteiger partial charge is 0.247 e. The number of nitrogens with one attached hydrogen (secondary N) is 1. The molecule has 0 aliphatic rings. The van der Waals surface area contributed by atoms with Crippen molar-refractivity contribution in [1.82, 2.24) is 19.7 Å². The number of nitrogens with zero attached hydrogens (tertiary/aromatic N) is 3. The molecule has 2 heterocycles. The first-order valence-electron chi connectivity index (χ1n) is 8.11. The average Bonchev–Trinajstić information content (AvgIpc) is 3.14. The van der Waals surface area contributed by atoms with Gasteiger partial charge < -0.3 is 9.72 Å². The lowest BCUT2D eigenvalue weighted by atomic mass is 10.2. The minimum absolute atomic E-state index is 0.166. The summed E-state index contributed by atoms with van der Waals surface area (Å²) in [5, 5.41) is 4.69. The molecule has 0 aliphatic heterocycles. The van der Waals surface area contributed by atoms with Gasteiger partial charge in [-0.15, -0.1) is 5.10 Å². The van der Waals surface area contributed by atoms with Gasteiger partial charge in [0.2, 0.25) is 5.56 Å². The fourth-order valence-corrected chi connectivity index (χ4v) is 2.73. The molecule has 4 rings (SSSR count). The Labute approximate surface area is 149 Å². The minimum atomic E-state index is -0.166. The van der Waals surface area contributed by atoms with Gasteiger partial charge in [0.15, 0.2) is 11.6 Å². The van der Waals surface area contributed by atoms with Crippen molar-refractivity contribution in [3.63, 3.8) is 0 Å². The Bertz CT molecular complexity index is 1080. The molecule has 0 fully saturated rings. The van der Waals surface area contributed by atoms with E-state index < -0.39 is 0 Å². The van der Waals surface area contributed by atoms with Crippen LogP contribution in [0.2, 0.25) is 0 Å². The van der Waals surface area contributed by atoms with Gasteiger partial charge in [-0.2, -0.15) is 0 Å². The normalized spacial score (nSPS) is 10.7. The molecule has 2 aromatic carbocycles. The predicted molar refractivity (Wildman–Crippen MR) is 99.4 cm³/mol. The van der Waals surface area contributed by atoms with E-state index in [1.807, 2.05) is 54.6 Å². The third-order valence-corrected chi connectivity index (χ3v) is 3.99. The van der Waals surface area contributed by atoms with Gasteiger partial charge in [0, 0.05) is 23.4 Å². The van der Waals surface area contributed by atoms with Crippen LogP contribution in [0, 0.1) is 0 Å². The van der Waals surface area contributed by atoms with E-state index in [4.69, 9.17) is 14.8 Å². The molecule has 26 heavy (non-hydrogen) atoms. The van der Waals surface area contributed by atoms with Crippen LogP contribution in [0.15, 0.2) is 77.7 Å². The Hall–Kier alpha value is -3.67. The van der Waals surface area contributed by atoms with Crippen molar-refractivity contribution in [2.24, 2.45) is 0 Å². The summed E-state index contributed by atoms with van der Waals surface area (Å²) in [6, 6.07) is 20.5. The number of rotatable bonds is 4. The van der Waals surface area contributed by atoms with E-state index in [1.165, 1.54) is 6.07 Å². The Balaban J connectivity index is 1.95. The van der Waals surface area contributed by atoms with Crippen LogP contribution in [-0.4, -0.2) is 26.9 Å². The summed E-state index contributed by atoms with van der Waals surface area (Å²) in [6.07, 6.45) is 1.63. The number of methoxy groups -OCH3 is 1. The highest BCUT2D eigenvalue weighted by atomic mass is 16.5. The van der Waals surface area contributed by atoms with Crippen LogP contribution >= 0.6 is 0 Å². The SMILES string of the molecule is COc1ccccc1-n1nc(-c2ccccc2)nc1-c1ccc(=O)[nH]c1. The first-order chi connectivity index (χ1) is 12.8. The lowest BCUT2D eigenvalue weighted by Crippen LogP contribution is -2.05. The summed E-state index contributed by atoms with van der Waals surface area (Å²) in [5.41, 5.74) is 2.27. The molecule has 1 N–H and O–H groups in total. The second kappa shape index (κ2) is 6.68. The number of hydrogen-bond donors (Lipinski definition) is 1. The number of aromatic amines is 1. The zero-order valence-corrected chi connectivity index (χ0v) is 14.1. The van der Waals surface area contributed by atoms with Crippen molar-refractivity contribution in [3.05, 3.63) is 83.3 Å². The van der Waals surface area contributed by atoms with Gasteiger partial charge >= 0.3 is 0 Å². The van der Waals surface area contributed by atoms with E-state index in [9.17, 15) is 4.79 Å². The number of pyridine rings is 1. The van der Waals surface area contributed by atoms with E-state index >= 15 is 0 Å². The molecular weight excluding hydrogens is 328 g/mol. The third kappa shape index (κ3) is 2.88. The summed E-state index contributed by atoms with van der Waals surface area (Å²) in [5.74, 6) is 1.89. The maximum absolute atomic E-state index is 11.4. The molecule has 0 aliphatic carbocycles. The fraction of sp³-hybridized carbons (Fsp3) is 0.0500. The molecule has 0 atom stereocenters. The first-order valence-corrected chi connectivity index (χ1v) is 8.11. The summed E-state index contributed by atoms with van der Waals surface area (Å²) in [6.45, 7) is 0. The molecular formula is C20H16N4O2. The van der Waals surface area contributed by atoms with Crippen molar-refractivity contribution in [3.8, 4) is 34.2 Å². The molecule has 0 saturated carbocycles. The third-order valence-electron chi connectivity index (χ3n) is 3.99. The van der Waals surface area contributed by atoms with Crippen molar-refractivity contribution >= 4 is 0 Å². The fourth-order valence-electron chi connectivity index (χ4n) is 2.73. The zero-order chi connectivity index (χ0) is 17.9. The number of aromatic nitrogens is 4. The Kier molecular flexibility index (Phi) is 4.07. The summed E-state index contributed by atoms with van der Waals surface area (Å²) >= 11 is 0. The average molecular weight is 344 g/mol. The van der Waals surface area contributed by atoms with Gasteiger partial charge in [-0.1, -0.05) is 42.5 Å². The molecule has 0 saturated heterocycles. The summed E-state index contributed by atoms with van der Waals surface area (Å²) in [4.78, 5) is 18.8. The van der Waals surface area contributed by atoms with Crippen LogP contribution in [0.3, 0.4) is 0 Å². The Morgan fingerprint density at radius 1 is 0.923 bits per heavy atom. The van der Waals surface area contributed by atoms with Gasteiger partial charge in [0.25, 0.3) is 0 Å². The second-order valence-corrected chi connectivity index (χ2v) is 5.65. The molecule has 128 valence electrons. The molecule has 4 aromatic rings. The molecule has 0 bridgehead atoms. The molecule has 0 radical (unpaired) electrons. The zero-order valence-electron chi connectivity index (χ0n) is 14.1. The number of hydrogen-bond acceptors (Lipinski definition) is 4. The van der Waals surface area contributed by atoms with Crippen molar-refractivity contribution in [2.75, 3.05) is 7.11 Å². The van der Waals surface area contributed by atoms with Gasteiger partial charge in [-0.25, -0.2) is 9.67 Å². The highest BCUT2D eigenvalue weighted by Gasteiger charge is 2.17. The van der Waals surface area contributed by atoms with Crippen molar-refractivity contribution in [2.45, 2.75) is 0 Å². The molecule has 0 amide bonds. The highest BCUT2D eigenvalue weighted by molar-refractivity contribution is 5.64. The summed E-state index contributed by atoms with van der Waals surface area (Å²) in [7, 11) is 1.62. The van der Waals surface area contributed by atoms with E-state index in [0.717, 1.165) is 16.8 Å². The van der Waals surface area contributed by atoms with Gasteiger partial charge in [0.1, 0.15) is 11.4 Å². The number of H-pyrrole nitrogens is 1. The molecule has 6 nitrogen and oxygen atoms in total. The number of para-hydroxylation sites is 2. The molecule has 0 unspecified atom stereocenters. The van der Waals surface area contributed by atoms with Crippen LogP contribution in [-0.2, 0) is 0 Å². The van der Waals surface area contributed by atoms with Crippen LogP contribution in [0.4, 0.5) is 0 Å². The predicted octanol–water partition coefficient (Wildman–Crippen LogP) is 3.30.